The normalized spacial score (nSPS) is 20.1. The van der Waals surface area contributed by atoms with Crippen molar-refractivity contribution in [2.24, 2.45) is 0 Å². The van der Waals surface area contributed by atoms with Crippen molar-refractivity contribution in [3.8, 4) is 0 Å². The van der Waals surface area contributed by atoms with Crippen LogP contribution in [0.3, 0.4) is 0 Å². The number of allylic oxidation sites excluding steroid dienone is 10. The Labute approximate surface area is 209 Å². The van der Waals surface area contributed by atoms with Crippen molar-refractivity contribution in [1.82, 2.24) is 0 Å². The molecule has 2 rings (SSSR count). The van der Waals surface area contributed by atoms with E-state index in [0.29, 0.717) is 5.57 Å². The summed E-state index contributed by atoms with van der Waals surface area (Å²) in [6.07, 6.45) is 6.65. The molecule has 1 unspecified atom stereocenters. The van der Waals surface area contributed by atoms with Gasteiger partial charge in [0.25, 0.3) is 0 Å². The van der Waals surface area contributed by atoms with E-state index >= 15 is 0 Å². The topological polar surface area (TPSA) is 102 Å². The van der Waals surface area contributed by atoms with Crippen LogP contribution in [0, 0.1) is 0 Å². The first-order valence-corrected chi connectivity index (χ1v) is 10.9. The second-order valence-corrected chi connectivity index (χ2v) is 11.3. The molecular formula is C20H13Co2MgO6P. The molecule has 0 aromatic rings. The van der Waals surface area contributed by atoms with E-state index in [-0.39, 0.29) is 67.8 Å². The second kappa shape index (κ2) is 12.9. The van der Waals surface area contributed by atoms with Gasteiger partial charge in [-0.05, 0) is 0 Å². The summed E-state index contributed by atoms with van der Waals surface area (Å²) in [5.41, 5.74) is -3.25. The maximum Gasteiger partial charge on any atom is 0 e. The molecule has 6 nitrogen and oxygen atoms in total. The summed E-state index contributed by atoms with van der Waals surface area (Å²) in [5.74, 6) is 9.43. The van der Waals surface area contributed by atoms with E-state index in [1.807, 2.05) is 5.94 Å². The molecule has 0 amide bonds. The molecule has 4 radical (unpaired) electrons. The Balaban J connectivity index is 0. The molecule has 1 fully saturated rings. The van der Waals surface area contributed by atoms with Gasteiger partial charge in [0.2, 0.25) is 0 Å². The molecule has 154 valence electrons. The first kappa shape index (κ1) is 30.6. The predicted octanol–water partition coefficient (Wildman–Crippen LogP) is 0.0349. The van der Waals surface area contributed by atoms with Crippen LogP contribution < -0.4 is 0 Å². The van der Waals surface area contributed by atoms with E-state index in [1.165, 1.54) is 17.8 Å². The molecule has 0 spiro atoms. The average molecular weight is 522 g/mol. The molecule has 2 aliphatic rings. The summed E-state index contributed by atoms with van der Waals surface area (Å²) >= 11 is 0. The van der Waals surface area contributed by atoms with Gasteiger partial charge >= 0.3 is 154 Å². The minimum atomic E-state index is -2.89. The van der Waals surface area contributed by atoms with Crippen molar-refractivity contribution < 1.29 is 62.3 Å². The zero-order valence-corrected chi connectivity index (χ0v) is 20.3. The molecule has 0 heterocycles. The third-order valence-corrected chi connectivity index (χ3v) is 9.00. The maximum absolute atomic E-state index is 11.7. The van der Waals surface area contributed by atoms with E-state index < -0.39 is 35.3 Å². The molecule has 10 heteroatoms. The van der Waals surface area contributed by atoms with Crippen LogP contribution in [0.25, 0.3) is 0 Å². The van der Waals surface area contributed by atoms with Gasteiger partial charge < -0.3 is 0 Å². The first-order valence-electron chi connectivity index (χ1n) is 7.79. The molecule has 1 saturated carbocycles. The van der Waals surface area contributed by atoms with Crippen LogP contribution in [-0.4, -0.2) is 83.3 Å². The van der Waals surface area contributed by atoms with Gasteiger partial charge in [0.1, 0.15) is 0 Å². The Bertz CT molecular complexity index is 1050. The predicted molar refractivity (Wildman–Crippen MR) is 107 cm³/mol. The summed E-state index contributed by atoms with van der Waals surface area (Å²) in [6.45, 7) is 3.55. The van der Waals surface area contributed by atoms with Gasteiger partial charge in [-0.1, -0.05) is 0 Å². The van der Waals surface area contributed by atoms with Gasteiger partial charge in [-0.25, -0.2) is 0 Å². The van der Waals surface area contributed by atoms with Gasteiger partial charge in [-0.15, -0.1) is 0 Å². The fourth-order valence-electron chi connectivity index (χ4n) is 3.57. The van der Waals surface area contributed by atoms with Gasteiger partial charge in [-0.2, -0.15) is 0 Å². The average Bonchev–Trinajstić information content (AvgIpc) is 2.70. The first-order chi connectivity index (χ1) is 12.9. The van der Waals surface area contributed by atoms with E-state index in [4.69, 9.17) is 0 Å². The molecule has 0 N–H and O–H groups in total. The standard InChI is InChI=1S/C20H13O6P.2Co.Mg/c1-27(2,19-6-4-3-5-13(19)7-21)20-17(11-25)15(9-23)14(8-22)16(10-24)18(20)12-26;;;/h3-6,19-20,27H,1-2H3;;;. The fraction of sp³-hybridized carbons (Fsp3) is 0.200. The minimum absolute atomic E-state index is 0. The van der Waals surface area contributed by atoms with E-state index in [2.05, 4.69) is 0 Å². The van der Waals surface area contributed by atoms with Gasteiger partial charge in [0.15, 0.2) is 0 Å². The summed E-state index contributed by atoms with van der Waals surface area (Å²) < 4.78 is 0. The van der Waals surface area contributed by atoms with Crippen molar-refractivity contribution in [3.63, 3.8) is 0 Å². The molecule has 30 heavy (non-hydrogen) atoms. The van der Waals surface area contributed by atoms with E-state index in [0.717, 1.165) is 0 Å². The Hall–Kier alpha value is -1.61. The quantitative estimate of drug-likeness (QED) is 0.288. The van der Waals surface area contributed by atoms with Crippen molar-refractivity contribution >= 4 is 66.0 Å². The molecule has 0 aromatic heterocycles. The van der Waals surface area contributed by atoms with Crippen LogP contribution >= 0.6 is 7.26 Å². The number of rotatable bonds is 2. The fourth-order valence-corrected chi connectivity index (χ4v) is 7.39. The third-order valence-electron chi connectivity index (χ3n) is 4.83. The van der Waals surface area contributed by atoms with Crippen molar-refractivity contribution in [2.75, 3.05) is 13.3 Å². The summed E-state index contributed by atoms with van der Waals surface area (Å²) in [5, 5.41) is 0. The molecule has 2 aliphatic carbocycles. The Morgan fingerprint density at radius 3 is 1.53 bits per heavy atom. The smallest absolute Gasteiger partial charge is 0 e. The van der Waals surface area contributed by atoms with Crippen molar-refractivity contribution in [3.05, 3.63) is 57.7 Å². The maximum atomic E-state index is 11.7. The van der Waals surface area contributed by atoms with Crippen LogP contribution in [0.5, 0.6) is 0 Å². The Kier molecular flexibility index (Phi) is 13.2. The minimum Gasteiger partial charge on any atom is 0 e. The van der Waals surface area contributed by atoms with Gasteiger partial charge in [-0.3, -0.25) is 0 Å². The molecule has 0 bridgehead atoms. The van der Waals surface area contributed by atoms with Crippen LogP contribution in [0.1, 0.15) is 0 Å². The largest absolute Gasteiger partial charge is 0 e. The molecule has 0 saturated heterocycles. The molecule has 1 atom stereocenters. The van der Waals surface area contributed by atoms with Crippen LogP contribution in [-0.2, 0) is 62.3 Å². The van der Waals surface area contributed by atoms with E-state index in [9.17, 15) is 28.8 Å². The summed E-state index contributed by atoms with van der Waals surface area (Å²) in [7, 11) is -2.89. The van der Waals surface area contributed by atoms with Crippen LogP contribution in [0.4, 0.5) is 0 Å². The van der Waals surface area contributed by atoms with Gasteiger partial charge in [0.05, 0.1) is 0 Å². The molecule has 0 aromatic carbocycles. The monoisotopic (exact) mass is 522 g/mol. The van der Waals surface area contributed by atoms with Crippen molar-refractivity contribution in [1.29, 1.82) is 0 Å². The van der Waals surface area contributed by atoms with Crippen LogP contribution in [0.15, 0.2) is 57.7 Å². The molecular weight excluding hydrogens is 509 g/mol. The zero-order chi connectivity index (χ0) is 20.2. The second-order valence-electron chi connectivity index (χ2n) is 6.50. The molecule has 0 aliphatic heterocycles. The summed E-state index contributed by atoms with van der Waals surface area (Å²) in [6, 6.07) is 0. The third kappa shape index (κ3) is 5.16. The number of carbonyl (C=O) groups excluding carboxylic acids is 6. The SMILES string of the molecule is C[PH](C)(C1C=CC=CC1=C=O)C1C(=C=O)C(=C=O)C(=C=O)C(=C=O)C1=C=O.[Co].[Co].[Mg]. The van der Waals surface area contributed by atoms with Crippen LogP contribution in [0.2, 0.25) is 0 Å². The Morgan fingerprint density at radius 2 is 1.17 bits per heavy atom. The number of hydrogen-bond acceptors (Lipinski definition) is 6. The van der Waals surface area contributed by atoms with E-state index in [1.54, 1.807) is 49.5 Å². The number of hydrogen-bond donors (Lipinski definition) is 0. The Morgan fingerprint density at radius 1 is 0.700 bits per heavy atom. The van der Waals surface area contributed by atoms with Crippen molar-refractivity contribution in [2.45, 2.75) is 11.3 Å². The summed E-state index contributed by atoms with van der Waals surface area (Å²) in [4.78, 5) is 68.9. The zero-order valence-electron chi connectivity index (χ0n) is 15.8. The van der Waals surface area contributed by atoms with Gasteiger partial charge in [0, 0.05) is 56.6 Å².